The van der Waals surface area contributed by atoms with Crippen molar-refractivity contribution in [3.63, 3.8) is 0 Å². The number of rotatable bonds is 6. The van der Waals surface area contributed by atoms with Crippen molar-refractivity contribution in [1.29, 1.82) is 0 Å². The van der Waals surface area contributed by atoms with Crippen LogP contribution in [0.4, 0.5) is 11.4 Å². The molecule has 3 amide bonds. The summed E-state index contributed by atoms with van der Waals surface area (Å²) in [5.74, 6) is -1.39. The second kappa shape index (κ2) is 11.2. The number of ether oxygens (including phenoxy) is 1. The number of halogens is 2. The van der Waals surface area contributed by atoms with Crippen molar-refractivity contribution in [3.05, 3.63) is 102 Å². The maximum atomic E-state index is 14.0. The van der Waals surface area contributed by atoms with E-state index in [4.69, 9.17) is 16.3 Å². The molecule has 2 bridgehead atoms. The largest absolute Gasteiger partial charge is 0.483 e. The number of thiazole rings is 1. The molecular formula is C33H25BrClN3O5S2. The predicted molar refractivity (Wildman–Crippen MR) is 177 cm³/mol. The average molecular weight is 723 g/mol. The van der Waals surface area contributed by atoms with Gasteiger partial charge in [-0.15, -0.1) is 11.8 Å². The fraction of sp³-hybridized carbons (Fsp3) is 0.273. The molecule has 0 spiro atoms. The quantitative estimate of drug-likeness (QED) is 0.219. The molecule has 2 saturated carbocycles. The Hall–Kier alpha value is -3.38. The molecule has 1 saturated heterocycles. The number of carbonyl (C=O) groups is 3. The minimum absolute atomic E-state index is 0.00817. The Labute approximate surface area is 279 Å². The summed E-state index contributed by atoms with van der Waals surface area (Å²) in [7, 11) is 0. The lowest BCUT2D eigenvalue weighted by Crippen LogP contribution is -2.42. The summed E-state index contributed by atoms with van der Waals surface area (Å²) in [4.78, 5) is 58.5. The molecule has 2 N–H and O–H groups in total. The van der Waals surface area contributed by atoms with Crippen molar-refractivity contribution in [3.8, 4) is 5.75 Å². The van der Waals surface area contributed by atoms with Crippen molar-refractivity contribution in [2.45, 2.75) is 22.6 Å². The Morgan fingerprint density at radius 2 is 1.73 bits per heavy atom. The molecule has 4 aromatic rings. The lowest BCUT2D eigenvalue weighted by molar-refractivity contribution is -0.123. The molecule has 7 atom stereocenters. The minimum Gasteiger partial charge on any atom is -0.483 e. The highest BCUT2D eigenvalue weighted by Crippen LogP contribution is 2.69. The van der Waals surface area contributed by atoms with Crippen LogP contribution in [-0.4, -0.2) is 34.6 Å². The van der Waals surface area contributed by atoms with E-state index in [1.165, 1.54) is 4.90 Å². The van der Waals surface area contributed by atoms with E-state index in [9.17, 15) is 19.2 Å². The van der Waals surface area contributed by atoms with E-state index < -0.39 is 11.8 Å². The number of aromatic amines is 1. The van der Waals surface area contributed by atoms with Gasteiger partial charge in [0.15, 0.2) is 6.61 Å². The zero-order valence-corrected chi connectivity index (χ0v) is 27.4. The lowest BCUT2D eigenvalue weighted by atomic mass is 9.68. The van der Waals surface area contributed by atoms with E-state index in [2.05, 4.69) is 26.2 Å². The summed E-state index contributed by atoms with van der Waals surface area (Å²) >= 11 is 12.8. The van der Waals surface area contributed by atoms with Gasteiger partial charge in [0, 0.05) is 36.8 Å². The third-order valence-electron chi connectivity index (χ3n) is 9.53. The fourth-order valence-electron chi connectivity index (χ4n) is 7.97. The molecule has 45 heavy (non-hydrogen) atoms. The molecule has 3 aromatic carbocycles. The Morgan fingerprint density at radius 3 is 2.49 bits per heavy atom. The first-order valence-electron chi connectivity index (χ1n) is 14.6. The maximum absolute atomic E-state index is 14.0. The number of aromatic nitrogens is 1. The Kier molecular flexibility index (Phi) is 7.20. The van der Waals surface area contributed by atoms with E-state index in [0.717, 1.165) is 37.7 Å². The molecule has 2 aliphatic heterocycles. The smallest absolute Gasteiger partial charge is 0.305 e. The third kappa shape index (κ3) is 4.78. The van der Waals surface area contributed by atoms with Crippen molar-refractivity contribution in [2.75, 3.05) is 16.8 Å². The average Bonchev–Trinajstić information content (AvgIpc) is 3.76. The van der Waals surface area contributed by atoms with Crippen LogP contribution in [0.3, 0.4) is 0 Å². The molecule has 1 aromatic heterocycles. The normalized spacial score (nSPS) is 27.7. The number of nitrogens with zero attached hydrogens (tertiary/aromatic N) is 1. The maximum Gasteiger partial charge on any atom is 0.305 e. The number of hydrogen-bond donors (Lipinski definition) is 2. The predicted octanol–water partition coefficient (Wildman–Crippen LogP) is 6.55. The summed E-state index contributed by atoms with van der Waals surface area (Å²) < 4.78 is 7.01. The molecule has 2 aliphatic carbocycles. The molecule has 0 radical (unpaired) electrons. The zero-order valence-electron chi connectivity index (χ0n) is 23.4. The van der Waals surface area contributed by atoms with E-state index in [0.29, 0.717) is 22.1 Å². The molecular weight excluding hydrogens is 698 g/mol. The van der Waals surface area contributed by atoms with Crippen LogP contribution in [0.25, 0.3) is 0 Å². The van der Waals surface area contributed by atoms with Gasteiger partial charge in [0.2, 0.25) is 11.8 Å². The molecule has 228 valence electrons. The number of benzene rings is 3. The number of carbonyl (C=O) groups excluding carboxylic acids is 3. The number of thioether (sulfide) groups is 1. The Bertz CT molecular complexity index is 1920. The summed E-state index contributed by atoms with van der Waals surface area (Å²) in [6.45, 7) is -0.221. The molecule has 4 unspecified atom stereocenters. The van der Waals surface area contributed by atoms with Crippen LogP contribution in [-0.2, 0) is 14.4 Å². The van der Waals surface area contributed by atoms with E-state index in [-0.39, 0.29) is 58.1 Å². The lowest BCUT2D eigenvalue weighted by Gasteiger charge is -2.43. The van der Waals surface area contributed by atoms with Gasteiger partial charge in [-0.2, -0.15) is 0 Å². The first-order valence-corrected chi connectivity index (χ1v) is 17.5. The molecule has 8 rings (SSSR count). The van der Waals surface area contributed by atoms with Crippen LogP contribution >= 0.6 is 50.6 Å². The number of amides is 3. The third-order valence-corrected chi connectivity index (χ3v) is 12.9. The highest BCUT2D eigenvalue weighted by Gasteiger charge is 2.69. The van der Waals surface area contributed by atoms with Gasteiger partial charge in [-0.25, -0.2) is 0 Å². The van der Waals surface area contributed by atoms with Gasteiger partial charge < -0.3 is 15.0 Å². The molecule has 12 heteroatoms. The van der Waals surface area contributed by atoms with Gasteiger partial charge >= 0.3 is 4.87 Å². The van der Waals surface area contributed by atoms with Crippen LogP contribution in [0.5, 0.6) is 5.75 Å². The molecule has 3 heterocycles. The number of anilines is 2. The summed E-state index contributed by atoms with van der Waals surface area (Å²) in [6, 6.07) is 21.7. The highest BCUT2D eigenvalue weighted by atomic mass is 79.9. The number of para-hydroxylation sites is 1. The van der Waals surface area contributed by atoms with Crippen molar-refractivity contribution in [2.24, 2.45) is 29.6 Å². The first kappa shape index (κ1) is 29.1. The van der Waals surface area contributed by atoms with Crippen LogP contribution in [0, 0.1) is 29.6 Å². The van der Waals surface area contributed by atoms with Gasteiger partial charge in [-0.3, -0.25) is 24.1 Å². The van der Waals surface area contributed by atoms with Gasteiger partial charge in [0.1, 0.15) is 5.75 Å². The van der Waals surface area contributed by atoms with Gasteiger partial charge in [-0.05, 0) is 78.8 Å². The van der Waals surface area contributed by atoms with E-state index in [1.54, 1.807) is 48.2 Å². The SMILES string of the molecule is O=C(COc1ccc(Cl)cc1[C@H]1c2sc(=O)[nH]c2SC2C1[C@H]1C[C@@H]2C2C(=O)N(c3ccc(Br)cc3)C(=O)C21)Nc1ccccc1. The standard InChI is InChI=1S/C33H25BrClN3O5S2/c34-15-6-9-18(10-7-15)38-31(40)26-20-13-21(27(26)32(38)41)28-25(20)24(29-30(44-28)37-33(42)45-29)19-12-16(35)8-11-22(19)43-14-23(39)36-17-4-2-1-3-5-17/h1-12,20-21,24-28H,13-14H2,(H,36,39)(H,37,42)/t20-,21-,24-,25?,26?,27?,28?/m1/s1. The van der Waals surface area contributed by atoms with Gasteiger partial charge in [0.05, 0.1) is 22.5 Å². The van der Waals surface area contributed by atoms with Crippen LogP contribution in [0.15, 0.2) is 87.1 Å². The number of nitrogens with one attached hydrogen (secondary N) is 2. The summed E-state index contributed by atoms with van der Waals surface area (Å²) in [5, 5.41) is 4.14. The topological polar surface area (TPSA) is 109 Å². The second-order valence-corrected chi connectivity index (χ2v) is 15.4. The number of fused-ring (bicyclic) bond motifs is 9. The van der Waals surface area contributed by atoms with Crippen molar-refractivity contribution >= 4 is 79.7 Å². The Morgan fingerprint density at radius 1 is 1.00 bits per heavy atom. The minimum atomic E-state index is -0.437. The zero-order chi connectivity index (χ0) is 31.0. The number of imide groups is 1. The fourth-order valence-corrected chi connectivity index (χ4v) is 11.3. The first-order chi connectivity index (χ1) is 21.8. The molecule has 8 nitrogen and oxygen atoms in total. The van der Waals surface area contributed by atoms with Gasteiger partial charge in [-0.1, -0.05) is 57.1 Å². The summed E-state index contributed by atoms with van der Waals surface area (Å²) in [6.07, 6.45) is 0.759. The second-order valence-electron chi connectivity index (χ2n) is 11.8. The number of H-pyrrole nitrogens is 1. The van der Waals surface area contributed by atoms with Crippen molar-refractivity contribution < 1.29 is 19.1 Å². The van der Waals surface area contributed by atoms with Crippen LogP contribution < -0.4 is 19.8 Å². The number of hydrogen-bond acceptors (Lipinski definition) is 7. The molecule has 4 aliphatic rings. The van der Waals surface area contributed by atoms with Crippen LogP contribution in [0.1, 0.15) is 22.8 Å². The monoisotopic (exact) mass is 721 g/mol. The molecule has 3 fully saturated rings. The van der Waals surface area contributed by atoms with E-state index >= 15 is 0 Å². The van der Waals surface area contributed by atoms with Crippen LogP contribution in [0.2, 0.25) is 5.02 Å². The highest BCUT2D eigenvalue weighted by molar-refractivity contribution is 9.10. The Balaban J connectivity index is 1.15. The summed E-state index contributed by atoms with van der Waals surface area (Å²) in [5.41, 5.74) is 2.02. The van der Waals surface area contributed by atoms with Gasteiger partial charge in [0.25, 0.3) is 5.91 Å². The van der Waals surface area contributed by atoms with E-state index in [1.807, 2.05) is 36.4 Å². The van der Waals surface area contributed by atoms with Crippen molar-refractivity contribution in [1.82, 2.24) is 4.98 Å².